The van der Waals surface area contributed by atoms with Crippen molar-refractivity contribution in [3.8, 4) is 0 Å². The second kappa shape index (κ2) is 8.45. The van der Waals surface area contributed by atoms with Gasteiger partial charge in [-0.15, -0.1) is 0 Å². The first-order valence-corrected chi connectivity index (χ1v) is 7.56. The van der Waals surface area contributed by atoms with E-state index in [0.29, 0.717) is 18.9 Å². The lowest BCUT2D eigenvalue weighted by Gasteiger charge is -2.23. The van der Waals surface area contributed by atoms with Gasteiger partial charge in [0.25, 0.3) is 0 Å². The minimum atomic E-state index is -0.113. The Balaban J connectivity index is 2.64. The van der Waals surface area contributed by atoms with E-state index in [1.54, 1.807) is 0 Å². The van der Waals surface area contributed by atoms with Crippen LogP contribution in [0.4, 0.5) is 0 Å². The molecule has 0 saturated carbocycles. The molecule has 21 heavy (non-hydrogen) atoms. The van der Waals surface area contributed by atoms with E-state index in [0.717, 1.165) is 12.0 Å². The molecule has 116 valence electrons. The fraction of sp³-hybridized carbons (Fsp3) is 0.529. The Morgan fingerprint density at radius 3 is 2.24 bits per heavy atom. The summed E-state index contributed by atoms with van der Waals surface area (Å²) >= 11 is 0. The second-order valence-corrected chi connectivity index (χ2v) is 5.62. The molecule has 4 heteroatoms. The Morgan fingerprint density at radius 2 is 1.76 bits per heavy atom. The maximum absolute atomic E-state index is 12.0. The van der Waals surface area contributed by atoms with Crippen molar-refractivity contribution in [2.45, 2.75) is 46.6 Å². The maximum atomic E-state index is 12.0. The van der Waals surface area contributed by atoms with E-state index < -0.39 is 0 Å². The summed E-state index contributed by atoms with van der Waals surface area (Å²) in [6.45, 7) is 8.13. The molecule has 1 atom stereocenters. The molecule has 0 fully saturated rings. The van der Waals surface area contributed by atoms with Crippen LogP contribution in [-0.2, 0) is 16.0 Å². The molecule has 0 aliphatic rings. The lowest BCUT2D eigenvalue weighted by Crippen LogP contribution is -2.34. The van der Waals surface area contributed by atoms with Crippen LogP contribution >= 0.6 is 0 Å². The summed E-state index contributed by atoms with van der Waals surface area (Å²) in [5, 5.41) is 5.69. The molecular formula is C17H26N2O2. The van der Waals surface area contributed by atoms with Gasteiger partial charge in [0.2, 0.25) is 11.8 Å². The molecule has 0 aliphatic carbocycles. The largest absolute Gasteiger partial charge is 0.356 e. The average Bonchev–Trinajstić information content (AvgIpc) is 2.44. The molecule has 1 aromatic rings. The van der Waals surface area contributed by atoms with Crippen molar-refractivity contribution in [2.24, 2.45) is 5.92 Å². The number of rotatable bonds is 7. The molecule has 0 aromatic heterocycles. The standard InChI is InChI=1S/C17H26N2O2/c1-5-14-6-8-15(9-7-14)17(12(2)3)19-16(21)10-11-18-13(4)20/h6-9,12,17H,5,10-11H2,1-4H3,(H,18,20)(H,19,21)/t17-/m1/s1. The van der Waals surface area contributed by atoms with Crippen LogP contribution in [0.5, 0.6) is 0 Å². The fourth-order valence-electron chi connectivity index (χ4n) is 2.19. The number of carbonyl (C=O) groups is 2. The van der Waals surface area contributed by atoms with Crippen molar-refractivity contribution < 1.29 is 9.59 Å². The fourth-order valence-corrected chi connectivity index (χ4v) is 2.19. The second-order valence-electron chi connectivity index (χ2n) is 5.62. The first-order valence-electron chi connectivity index (χ1n) is 7.56. The Hall–Kier alpha value is -1.84. The third-order valence-electron chi connectivity index (χ3n) is 3.46. The van der Waals surface area contributed by atoms with Crippen LogP contribution in [0.25, 0.3) is 0 Å². The van der Waals surface area contributed by atoms with Gasteiger partial charge in [0, 0.05) is 19.9 Å². The maximum Gasteiger partial charge on any atom is 0.222 e. The van der Waals surface area contributed by atoms with E-state index >= 15 is 0 Å². The summed E-state index contributed by atoms with van der Waals surface area (Å²) in [7, 11) is 0. The van der Waals surface area contributed by atoms with Gasteiger partial charge in [-0.2, -0.15) is 0 Å². The number of amides is 2. The summed E-state index contributed by atoms with van der Waals surface area (Å²) in [5.41, 5.74) is 2.41. The highest BCUT2D eigenvalue weighted by Gasteiger charge is 2.18. The molecule has 0 aliphatic heterocycles. The Morgan fingerprint density at radius 1 is 1.14 bits per heavy atom. The molecule has 0 saturated heterocycles. The van der Waals surface area contributed by atoms with Gasteiger partial charge in [0.15, 0.2) is 0 Å². The molecule has 0 radical (unpaired) electrons. The van der Waals surface area contributed by atoms with Crippen LogP contribution in [0.15, 0.2) is 24.3 Å². The van der Waals surface area contributed by atoms with E-state index in [4.69, 9.17) is 0 Å². The summed E-state index contributed by atoms with van der Waals surface area (Å²) in [5.74, 6) is 0.155. The van der Waals surface area contributed by atoms with Gasteiger partial charge in [-0.3, -0.25) is 9.59 Å². The van der Waals surface area contributed by atoms with Gasteiger partial charge >= 0.3 is 0 Å². The zero-order valence-electron chi connectivity index (χ0n) is 13.4. The predicted octanol–water partition coefficient (Wildman–Crippen LogP) is 2.59. The van der Waals surface area contributed by atoms with Gasteiger partial charge in [-0.1, -0.05) is 45.0 Å². The van der Waals surface area contributed by atoms with Gasteiger partial charge in [-0.05, 0) is 23.5 Å². The van der Waals surface area contributed by atoms with Crippen molar-refractivity contribution in [2.75, 3.05) is 6.54 Å². The van der Waals surface area contributed by atoms with Crippen molar-refractivity contribution in [1.82, 2.24) is 10.6 Å². The lowest BCUT2D eigenvalue weighted by molar-refractivity contribution is -0.122. The zero-order chi connectivity index (χ0) is 15.8. The summed E-state index contributed by atoms with van der Waals surface area (Å²) < 4.78 is 0. The molecule has 2 N–H and O–H groups in total. The van der Waals surface area contributed by atoms with Crippen molar-refractivity contribution in [1.29, 1.82) is 0 Å². The molecule has 0 unspecified atom stereocenters. The van der Waals surface area contributed by atoms with Crippen molar-refractivity contribution >= 4 is 11.8 Å². The monoisotopic (exact) mass is 290 g/mol. The van der Waals surface area contributed by atoms with Crippen LogP contribution in [0, 0.1) is 5.92 Å². The highest BCUT2D eigenvalue weighted by Crippen LogP contribution is 2.22. The quantitative estimate of drug-likeness (QED) is 0.811. The highest BCUT2D eigenvalue weighted by molar-refractivity contribution is 5.78. The van der Waals surface area contributed by atoms with E-state index in [1.165, 1.54) is 12.5 Å². The van der Waals surface area contributed by atoms with Crippen LogP contribution in [0.1, 0.15) is 51.3 Å². The number of nitrogens with one attached hydrogen (secondary N) is 2. The normalized spacial score (nSPS) is 12.0. The van der Waals surface area contributed by atoms with Crippen LogP contribution in [0.3, 0.4) is 0 Å². The first-order chi connectivity index (χ1) is 9.93. The third kappa shape index (κ3) is 5.98. The minimum Gasteiger partial charge on any atom is -0.356 e. The van der Waals surface area contributed by atoms with Crippen LogP contribution in [0.2, 0.25) is 0 Å². The van der Waals surface area contributed by atoms with Gasteiger partial charge < -0.3 is 10.6 Å². The van der Waals surface area contributed by atoms with Crippen LogP contribution in [-0.4, -0.2) is 18.4 Å². The van der Waals surface area contributed by atoms with Crippen molar-refractivity contribution in [3.63, 3.8) is 0 Å². The molecule has 1 aromatic carbocycles. The van der Waals surface area contributed by atoms with E-state index in [-0.39, 0.29) is 17.9 Å². The minimum absolute atomic E-state index is 0.000680. The van der Waals surface area contributed by atoms with Gasteiger partial charge in [0.1, 0.15) is 0 Å². The molecule has 2 amide bonds. The Labute approximate surface area is 127 Å². The molecule has 0 heterocycles. The average molecular weight is 290 g/mol. The number of aryl methyl sites for hydroxylation is 1. The van der Waals surface area contributed by atoms with Crippen molar-refractivity contribution in [3.05, 3.63) is 35.4 Å². The number of carbonyl (C=O) groups excluding carboxylic acids is 2. The van der Waals surface area contributed by atoms with Gasteiger partial charge in [-0.25, -0.2) is 0 Å². The van der Waals surface area contributed by atoms with Gasteiger partial charge in [0.05, 0.1) is 6.04 Å². The summed E-state index contributed by atoms with van der Waals surface area (Å²) in [6.07, 6.45) is 1.31. The number of benzene rings is 1. The van der Waals surface area contributed by atoms with E-state index in [1.807, 2.05) is 0 Å². The van der Waals surface area contributed by atoms with E-state index in [2.05, 4.69) is 55.7 Å². The predicted molar refractivity (Wildman–Crippen MR) is 84.8 cm³/mol. The number of hydrogen-bond donors (Lipinski definition) is 2. The molecule has 4 nitrogen and oxygen atoms in total. The SMILES string of the molecule is CCc1ccc([C@H](NC(=O)CCNC(C)=O)C(C)C)cc1. The van der Waals surface area contributed by atoms with E-state index in [9.17, 15) is 9.59 Å². The smallest absolute Gasteiger partial charge is 0.222 e. The lowest BCUT2D eigenvalue weighted by atomic mass is 9.94. The first kappa shape index (κ1) is 17.2. The molecule has 0 spiro atoms. The molecule has 1 rings (SSSR count). The Kier molecular flexibility index (Phi) is 6.92. The number of hydrogen-bond acceptors (Lipinski definition) is 2. The summed E-state index contributed by atoms with van der Waals surface area (Å²) in [4.78, 5) is 22.8. The molecular weight excluding hydrogens is 264 g/mol. The highest BCUT2D eigenvalue weighted by atomic mass is 16.2. The molecule has 0 bridgehead atoms. The summed E-state index contributed by atoms with van der Waals surface area (Å²) in [6, 6.07) is 8.37. The Bertz CT molecular complexity index is 466. The third-order valence-corrected chi connectivity index (χ3v) is 3.46. The van der Waals surface area contributed by atoms with Crippen LogP contribution < -0.4 is 10.6 Å². The topological polar surface area (TPSA) is 58.2 Å². The zero-order valence-corrected chi connectivity index (χ0v) is 13.4.